The van der Waals surface area contributed by atoms with Gasteiger partial charge in [0.1, 0.15) is 0 Å². The fourth-order valence-corrected chi connectivity index (χ4v) is 2.53. The summed E-state index contributed by atoms with van der Waals surface area (Å²) in [5, 5.41) is 3.57. The van der Waals surface area contributed by atoms with E-state index >= 15 is 0 Å². The van der Waals surface area contributed by atoms with Crippen molar-refractivity contribution in [1.29, 1.82) is 0 Å². The lowest BCUT2D eigenvalue weighted by Gasteiger charge is -2.12. The monoisotopic (exact) mass is 247 g/mol. The molecule has 3 nitrogen and oxygen atoms in total. The van der Waals surface area contributed by atoms with Gasteiger partial charge in [-0.15, -0.1) is 0 Å². The Morgan fingerprint density at radius 2 is 2.06 bits per heavy atom. The summed E-state index contributed by atoms with van der Waals surface area (Å²) in [5.74, 6) is 0.573. The van der Waals surface area contributed by atoms with Gasteiger partial charge in [-0.25, -0.2) is 4.79 Å². The minimum absolute atomic E-state index is 0.279. The van der Waals surface area contributed by atoms with Gasteiger partial charge in [0.25, 0.3) is 0 Å². The third-order valence-corrected chi connectivity index (χ3v) is 3.66. The molecule has 2 unspecified atom stereocenters. The lowest BCUT2D eigenvalue weighted by Crippen LogP contribution is -2.25. The molecule has 1 N–H and O–H groups in total. The third-order valence-electron chi connectivity index (χ3n) is 3.66. The zero-order valence-corrected chi connectivity index (χ0v) is 11.1. The lowest BCUT2D eigenvalue weighted by molar-refractivity contribution is 0.0600. The maximum Gasteiger partial charge on any atom is 0.337 e. The number of esters is 1. The predicted molar refractivity (Wildman–Crippen MR) is 71.4 cm³/mol. The van der Waals surface area contributed by atoms with Crippen LogP contribution >= 0.6 is 0 Å². The Bertz CT molecular complexity index is 399. The van der Waals surface area contributed by atoms with Crippen LogP contribution in [-0.4, -0.2) is 19.1 Å². The Balaban J connectivity index is 1.85. The Morgan fingerprint density at radius 1 is 1.33 bits per heavy atom. The molecule has 1 aromatic carbocycles. The van der Waals surface area contributed by atoms with Crippen LogP contribution in [0.3, 0.4) is 0 Å². The number of hydrogen-bond acceptors (Lipinski definition) is 3. The average molecular weight is 247 g/mol. The van der Waals surface area contributed by atoms with E-state index in [0.717, 1.165) is 12.5 Å². The number of ether oxygens (including phenoxy) is 1. The summed E-state index contributed by atoms with van der Waals surface area (Å²) in [4.78, 5) is 11.3. The molecular formula is C15H21NO2. The number of benzene rings is 1. The molecule has 0 aromatic heterocycles. The Labute approximate surface area is 109 Å². The van der Waals surface area contributed by atoms with Crippen LogP contribution in [0.25, 0.3) is 0 Å². The maximum absolute atomic E-state index is 11.3. The summed E-state index contributed by atoms with van der Waals surface area (Å²) >= 11 is 0. The van der Waals surface area contributed by atoms with Gasteiger partial charge < -0.3 is 10.1 Å². The van der Waals surface area contributed by atoms with Crippen molar-refractivity contribution in [2.24, 2.45) is 5.92 Å². The number of rotatable bonds is 4. The Hall–Kier alpha value is -1.35. The first kappa shape index (κ1) is 13.1. The number of nitrogens with one attached hydrogen (secondary N) is 1. The van der Waals surface area contributed by atoms with Crippen LogP contribution in [0.1, 0.15) is 42.1 Å². The molecule has 1 aliphatic rings. The van der Waals surface area contributed by atoms with Crippen LogP contribution in [0.5, 0.6) is 0 Å². The fourth-order valence-electron chi connectivity index (χ4n) is 2.53. The molecule has 3 heteroatoms. The summed E-state index contributed by atoms with van der Waals surface area (Å²) in [5.41, 5.74) is 1.82. The summed E-state index contributed by atoms with van der Waals surface area (Å²) in [6, 6.07) is 8.26. The minimum atomic E-state index is -0.279. The van der Waals surface area contributed by atoms with E-state index in [0.29, 0.717) is 11.6 Å². The number of methoxy groups -OCH3 is 1. The van der Waals surface area contributed by atoms with Crippen LogP contribution in [0, 0.1) is 5.92 Å². The normalized spacial score (nSPS) is 23.0. The molecule has 2 atom stereocenters. The predicted octanol–water partition coefficient (Wildman–Crippen LogP) is 2.75. The second kappa shape index (κ2) is 6.01. The van der Waals surface area contributed by atoms with Gasteiger partial charge in [0.15, 0.2) is 0 Å². The minimum Gasteiger partial charge on any atom is -0.465 e. The summed E-state index contributed by atoms with van der Waals surface area (Å²) in [6.07, 6.45) is 3.89. The highest BCUT2D eigenvalue weighted by atomic mass is 16.5. The van der Waals surface area contributed by atoms with E-state index in [9.17, 15) is 4.79 Å². The Morgan fingerprint density at radius 3 is 2.61 bits per heavy atom. The first-order chi connectivity index (χ1) is 8.69. The van der Waals surface area contributed by atoms with E-state index < -0.39 is 0 Å². The van der Waals surface area contributed by atoms with Gasteiger partial charge in [0.2, 0.25) is 0 Å². The molecule has 1 aliphatic carbocycles. The van der Waals surface area contributed by atoms with Crippen LogP contribution in [-0.2, 0) is 11.3 Å². The number of carbonyl (C=O) groups is 1. The third kappa shape index (κ3) is 3.33. The van der Waals surface area contributed by atoms with Gasteiger partial charge in [-0.2, -0.15) is 0 Å². The van der Waals surface area contributed by atoms with E-state index in [1.807, 2.05) is 24.3 Å². The van der Waals surface area contributed by atoms with Gasteiger partial charge in [0, 0.05) is 12.6 Å². The molecule has 18 heavy (non-hydrogen) atoms. The van der Waals surface area contributed by atoms with E-state index in [1.165, 1.54) is 31.9 Å². The van der Waals surface area contributed by atoms with Crippen LogP contribution in [0.4, 0.5) is 0 Å². The van der Waals surface area contributed by atoms with E-state index in [1.54, 1.807) is 0 Å². The SMILES string of the molecule is COC(=O)c1ccc(CNC2CCC(C)C2)cc1. The van der Waals surface area contributed by atoms with E-state index in [2.05, 4.69) is 17.0 Å². The van der Waals surface area contributed by atoms with Crippen LogP contribution in [0.2, 0.25) is 0 Å². The van der Waals surface area contributed by atoms with Crippen molar-refractivity contribution in [2.75, 3.05) is 7.11 Å². The average Bonchev–Trinajstić information content (AvgIpc) is 2.82. The molecule has 1 saturated carbocycles. The molecule has 0 amide bonds. The largest absolute Gasteiger partial charge is 0.465 e. The van der Waals surface area contributed by atoms with Crippen LogP contribution < -0.4 is 5.32 Å². The second-order valence-electron chi connectivity index (χ2n) is 5.18. The molecule has 98 valence electrons. The van der Waals surface area contributed by atoms with Gasteiger partial charge in [-0.3, -0.25) is 0 Å². The Kier molecular flexibility index (Phi) is 4.37. The van der Waals surface area contributed by atoms with Crippen molar-refractivity contribution >= 4 is 5.97 Å². The lowest BCUT2D eigenvalue weighted by atomic mass is 10.1. The van der Waals surface area contributed by atoms with E-state index in [4.69, 9.17) is 0 Å². The molecule has 1 fully saturated rings. The molecule has 1 aromatic rings. The molecule has 0 aliphatic heterocycles. The fraction of sp³-hybridized carbons (Fsp3) is 0.533. The molecular weight excluding hydrogens is 226 g/mol. The number of carbonyl (C=O) groups excluding carboxylic acids is 1. The quantitative estimate of drug-likeness (QED) is 0.831. The number of hydrogen-bond donors (Lipinski definition) is 1. The standard InChI is InChI=1S/C15H21NO2/c1-11-3-8-14(9-11)16-10-12-4-6-13(7-5-12)15(17)18-2/h4-7,11,14,16H,3,8-10H2,1-2H3. The van der Waals surface area contributed by atoms with Gasteiger partial charge >= 0.3 is 5.97 Å². The molecule has 2 rings (SSSR count). The van der Waals surface area contributed by atoms with Crippen molar-refractivity contribution in [3.63, 3.8) is 0 Å². The van der Waals surface area contributed by atoms with Gasteiger partial charge in [0.05, 0.1) is 12.7 Å². The van der Waals surface area contributed by atoms with Crippen molar-refractivity contribution in [3.8, 4) is 0 Å². The van der Waals surface area contributed by atoms with Crippen molar-refractivity contribution in [3.05, 3.63) is 35.4 Å². The molecule has 0 radical (unpaired) electrons. The van der Waals surface area contributed by atoms with E-state index in [-0.39, 0.29) is 5.97 Å². The van der Waals surface area contributed by atoms with Crippen molar-refractivity contribution in [2.45, 2.75) is 38.8 Å². The molecule has 0 bridgehead atoms. The summed E-state index contributed by atoms with van der Waals surface area (Å²) in [7, 11) is 1.40. The highest BCUT2D eigenvalue weighted by Crippen LogP contribution is 2.24. The van der Waals surface area contributed by atoms with Crippen molar-refractivity contribution < 1.29 is 9.53 Å². The topological polar surface area (TPSA) is 38.3 Å². The molecule has 0 heterocycles. The first-order valence-electron chi connectivity index (χ1n) is 6.59. The van der Waals surface area contributed by atoms with Crippen LogP contribution in [0.15, 0.2) is 24.3 Å². The van der Waals surface area contributed by atoms with Crippen molar-refractivity contribution in [1.82, 2.24) is 5.32 Å². The van der Waals surface area contributed by atoms with Gasteiger partial charge in [-0.1, -0.05) is 19.1 Å². The molecule has 0 saturated heterocycles. The first-order valence-corrected chi connectivity index (χ1v) is 6.59. The highest BCUT2D eigenvalue weighted by molar-refractivity contribution is 5.89. The molecule has 0 spiro atoms. The zero-order chi connectivity index (χ0) is 13.0. The smallest absolute Gasteiger partial charge is 0.337 e. The highest BCUT2D eigenvalue weighted by Gasteiger charge is 2.20. The summed E-state index contributed by atoms with van der Waals surface area (Å²) < 4.78 is 4.67. The summed E-state index contributed by atoms with van der Waals surface area (Å²) in [6.45, 7) is 3.19. The van der Waals surface area contributed by atoms with Gasteiger partial charge in [-0.05, 0) is 42.9 Å². The maximum atomic E-state index is 11.3. The zero-order valence-electron chi connectivity index (χ0n) is 11.1. The second-order valence-corrected chi connectivity index (χ2v) is 5.18.